The molecule has 10 heteroatoms. The van der Waals surface area contributed by atoms with Crippen LogP contribution < -0.4 is 15.9 Å². The van der Waals surface area contributed by atoms with E-state index in [-0.39, 0.29) is 36.2 Å². The Bertz CT molecular complexity index is 1120. The highest BCUT2D eigenvalue weighted by atomic mass is 19.1. The predicted molar refractivity (Wildman–Crippen MR) is 110 cm³/mol. The summed E-state index contributed by atoms with van der Waals surface area (Å²) >= 11 is 0. The lowest BCUT2D eigenvalue weighted by molar-refractivity contribution is -0.133. The number of nitrogens with one attached hydrogen (secondary N) is 3. The molecule has 1 fully saturated rings. The summed E-state index contributed by atoms with van der Waals surface area (Å²) in [5, 5.41) is 2.64. The van der Waals surface area contributed by atoms with Gasteiger partial charge in [-0.05, 0) is 36.4 Å². The van der Waals surface area contributed by atoms with Crippen LogP contribution in [0, 0.1) is 5.82 Å². The lowest BCUT2D eigenvalue weighted by atomic mass is 10.2. The van der Waals surface area contributed by atoms with E-state index in [4.69, 9.17) is 0 Å². The minimum Gasteiger partial charge on any atom is -0.368 e. The lowest BCUT2D eigenvalue weighted by Crippen LogP contribution is -2.48. The molecule has 3 aromatic rings. The third-order valence-corrected chi connectivity index (χ3v) is 5.03. The number of pyridine rings is 1. The number of amides is 2. The van der Waals surface area contributed by atoms with E-state index in [1.54, 1.807) is 29.2 Å². The van der Waals surface area contributed by atoms with Crippen LogP contribution in [0.15, 0.2) is 41.2 Å². The second kappa shape index (κ2) is 8.36. The van der Waals surface area contributed by atoms with Crippen molar-refractivity contribution in [2.75, 3.05) is 36.4 Å². The van der Waals surface area contributed by atoms with E-state index in [2.05, 4.69) is 25.2 Å². The van der Waals surface area contributed by atoms with Gasteiger partial charge in [-0.3, -0.25) is 14.6 Å². The Morgan fingerprint density at radius 1 is 1.00 bits per heavy atom. The number of rotatable bonds is 5. The zero-order valence-corrected chi connectivity index (χ0v) is 16.2. The number of halogens is 1. The maximum atomic E-state index is 13.1. The number of hydrogen-bond acceptors (Lipinski definition) is 5. The Morgan fingerprint density at radius 2 is 1.73 bits per heavy atom. The maximum Gasteiger partial charge on any atom is 0.325 e. The van der Waals surface area contributed by atoms with Crippen molar-refractivity contribution in [2.24, 2.45) is 0 Å². The highest BCUT2D eigenvalue weighted by Crippen LogP contribution is 2.17. The molecule has 4 rings (SSSR count). The van der Waals surface area contributed by atoms with Gasteiger partial charge in [0.2, 0.25) is 11.8 Å². The monoisotopic (exact) mass is 412 g/mol. The number of aromatic amines is 2. The van der Waals surface area contributed by atoms with E-state index in [1.807, 2.05) is 0 Å². The molecule has 1 aliphatic rings. The molecule has 2 aromatic heterocycles. The first-order chi connectivity index (χ1) is 14.5. The number of H-pyrrole nitrogens is 2. The van der Waals surface area contributed by atoms with Crippen LogP contribution in [0.2, 0.25) is 0 Å². The molecule has 0 radical (unpaired) electrons. The van der Waals surface area contributed by atoms with E-state index >= 15 is 0 Å². The topological polar surface area (TPSA) is 114 Å². The number of anilines is 2. The van der Waals surface area contributed by atoms with Crippen LogP contribution in [-0.4, -0.2) is 57.8 Å². The van der Waals surface area contributed by atoms with Gasteiger partial charge in [0.15, 0.2) is 5.65 Å². The summed E-state index contributed by atoms with van der Waals surface area (Å²) in [5.74, 6) is -0.370. The highest BCUT2D eigenvalue weighted by molar-refractivity contribution is 5.93. The zero-order valence-electron chi connectivity index (χ0n) is 16.2. The summed E-state index contributed by atoms with van der Waals surface area (Å²) < 4.78 is 13.1. The average Bonchev–Trinajstić information content (AvgIpc) is 3.12. The van der Waals surface area contributed by atoms with E-state index in [1.165, 1.54) is 12.1 Å². The number of imidazole rings is 1. The molecule has 1 aliphatic heterocycles. The Labute approximate surface area is 170 Å². The molecule has 0 saturated carbocycles. The average molecular weight is 412 g/mol. The van der Waals surface area contributed by atoms with Crippen molar-refractivity contribution >= 4 is 34.5 Å². The number of nitrogens with zero attached hydrogens (tertiary/aromatic N) is 3. The SMILES string of the molecule is O=C(CCC(=O)N1CCN(c2ccc(F)cc2)CC1)Nc1ccc2[nH]c(=O)[nH]c2n1. The van der Waals surface area contributed by atoms with Crippen LogP contribution in [0.5, 0.6) is 0 Å². The molecule has 2 amide bonds. The number of fused-ring (bicyclic) bond motifs is 1. The number of hydrogen-bond donors (Lipinski definition) is 3. The molecular formula is C20H21FN6O3. The molecule has 0 unspecified atom stereocenters. The van der Waals surface area contributed by atoms with Crippen LogP contribution in [0.4, 0.5) is 15.9 Å². The third kappa shape index (κ3) is 4.48. The first-order valence-corrected chi connectivity index (χ1v) is 9.65. The van der Waals surface area contributed by atoms with Gasteiger partial charge in [-0.15, -0.1) is 0 Å². The summed E-state index contributed by atoms with van der Waals surface area (Å²) in [6.45, 7) is 2.42. The summed E-state index contributed by atoms with van der Waals surface area (Å²) in [6, 6.07) is 9.52. The van der Waals surface area contributed by atoms with Gasteiger partial charge in [-0.25, -0.2) is 14.2 Å². The minimum absolute atomic E-state index is 0.0420. The van der Waals surface area contributed by atoms with Gasteiger partial charge in [0.1, 0.15) is 11.6 Å². The van der Waals surface area contributed by atoms with Crippen molar-refractivity contribution < 1.29 is 14.0 Å². The Morgan fingerprint density at radius 3 is 2.47 bits per heavy atom. The van der Waals surface area contributed by atoms with Gasteiger partial charge in [0.25, 0.3) is 0 Å². The Kier molecular flexibility index (Phi) is 5.46. The Hall–Kier alpha value is -3.69. The summed E-state index contributed by atoms with van der Waals surface area (Å²) in [7, 11) is 0. The minimum atomic E-state index is -0.369. The molecule has 1 aromatic carbocycles. The van der Waals surface area contributed by atoms with Gasteiger partial charge in [0.05, 0.1) is 5.52 Å². The molecular weight excluding hydrogens is 391 g/mol. The van der Waals surface area contributed by atoms with E-state index in [9.17, 15) is 18.8 Å². The van der Waals surface area contributed by atoms with Gasteiger partial charge in [-0.1, -0.05) is 0 Å². The largest absolute Gasteiger partial charge is 0.368 e. The normalized spacial score (nSPS) is 14.2. The van der Waals surface area contributed by atoms with Crippen molar-refractivity contribution in [2.45, 2.75) is 12.8 Å². The van der Waals surface area contributed by atoms with Crippen LogP contribution in [-0.2, 0) is 9.59 Å². The molecule has 3 heterocycles. The molecule has 9 nitrogen and oxygen atoms in total. The van der Waals surface area contributed by atoms with Crippen LogP contribution in [0.1, 0.15) is 12.8 Å². The van der Waals surface area contributed by atoms with Crippen molar-refractivity contribution in [3.05, 3.63) is 52.7 Å². The van der Waals surface area contributed by atoms with E-state index < -0.39 is 0 Å². The number of benzene rings is 1. The molecule has 30 heavy (non-hydrogen) atoms. The predicted octanol–water partition coefficient (Wildman–Crippen LogP) is 1.46. The van der Waals surface area contributed by atoms with Gasteiger partial charge < -0.3 is 20.1 Å². The number of piperazine rings is 1. The van der Waals surface area contributed by atoms with Gasteiger partial charge >= 0.3 is 5.69 Å². The molecule has 3 N–H and O–H groups in total. The van der Waals surface area contributed by atoms with Crippen LogP contribution in [0.25, 0.3) is 11.2 Å². The first kappa shape index (κ1) is 19.6. The molecule has 0 bridgehead atoms. The molecule has 156 valence electrons. The fourth-order valence-corrected chi connectivity index (χ4v) is 3.44. The van der Waals surface area contributed by atoms with E-state index in [0.29, 0.717) is 43.2 Å². The first-order valence-electron chi connectivity index (χ1n) is 9.65. The number of carbonyl (C=O) groups excluding carboxylic acids is 2. The summed E-state index contributed by atoms with van der Waals surface area (Å²) in [6.07, 6.45) is 0.145. The van der Waals surface area contributed by atoms with Crippen molar-refractivity contribution in [3.8, 4) is 0 Å². The van der Waals surface area contributed by atoms with Crippen LogP contribution >= 0.6 is 0 Å². The highest BCUT2D eigenvalue weighted by Gasteiger charge is 2.21. The zero-order chi connectivity index (χ0) is 21.1. The molecule has 0 spiro atoms. The van der Waals surface area contributed by atoms with Crippen LogP contribution in [0.3, 0.4) is 0 Å². The van der Waals surface area contributed by atoms with Gasteiger partial charge in [0, 0.05) is 44.7 Å². The molecule has 0 aliphatic carbocycles. The summed E-state index contributed by atoms with van der Waals surface area (Å²) in [4.78, 5) is 49.0. The van der Waals surface area contributed by atoms with Gasteiger partial charge in [-0.2, -0.15) is 0 Å². The smallest absolute Gasteiger partial charge is 0.325 e. The van der Waals surface area contributed by atoms with Crippen molar-refractivity contribution in [1.29, 1.82) is 0 Å². The fraction of sp³-hybridized carbons (Fsp3) is 0.300. The number of aromatic nitrogens is 3. The lowest BCUT2D eigenvalue weighted by Gasteiger charge is -2.36. The van der Waals surface area contributed by atoms with Crippen molar-refractivity contribution in [3.63, 3.8) is 0 Å². The standard InChI is InChI=1S/C20H21FN6O3/c21-13-1-3-14(4-2-13)26-9-11-27(12-10-26)18(29)8-7-17(28)23-16-6-5-15-19(24-16)25-20(30)22-15/h1-6H,7-12H2,(H3,22,23,24,25,28,30). The second-order valence-corrected chi connectivity index (χ2v) is 7.06. The summed E-state index contributed by atoms with van der Waals surface area (Å²) in [5.41, 5.74) is 1.46. The second-order valence-electron chi connectivity index (χ2n) is 7.06. The quantitative estimate of drug-likeness (QED) is 0.587. The third-order valence-electron chi connectivity index (χ3n) is 5.03. The maximum absolute atomic E-state index is 13.1. The number of carbonyl (C=O) groups is 2. The van der Waals surface area contributed by atoms with E-state index in [0.717, 1.165) is 5.69 Å². The fourth-order valence-electron chi connectivity index (χ4n) is 3.44. The molecule has 1 saturated heterocycles. The Balaban J connectivity index is 1.24. The molecule has 0 atom stereocenters. The van der Waals surface area contributed by atoms with Crippen molar-refractivity contribution in [1.82, 2.24) is 19.9 Å².